The quantitative estimate of drug-likeness (QED) is 0.777. The molecule has 1 aliphatic heterocycles. The summed E-state index contributed by atoms with van der Waals surface area (Å²) < 4.78 is 0. The average Bonchev–Trinajstić information content (AvgIpc) is 2.78. The van der Waals surface area contributed by atoms with Crippen LogP contribution >= 0.6 is 0 Å². The third kappa shape index (κ3) is 1.67. The minimum Gasteiger partial charge on any atom is -0.310 e. The van der Waals surface area contributed by atoms with Crippen LogP contribution < -0.4 is 5.32 Å². The van der Waals surface area contributed by atoms with Crippen LogP contribution in [-0.2, 0) is 0 Å². The van der Waals surface area contributed by atoms with Crippen LogP contribution in [0.15, 0.2) is 24.4 Å². The Morgan fingerprint density at radius 2 is 2.25 bits per heavy atom. The van der Waals surface area contributed by atoms with Crippen molar-refractivity contribution < 1.29 is 0 Å². The van der Waals surface area contributed by atoms with E-state index in [1.807, 2.05) is 13.1 Å². The second kappa shape index (κ2) is 4.02. The van der Waals surface area contributed by atoms with E-state index in [-0.39, 0.29) is 0 Å². The van der Waals surface area contributed by atoms with Gasteiger partial charge in [-0.3, -0.25) is 4.98 Å². The van der Waals surface area contributed by atoms with Crippen molar-refractivity contribution in [2.45, 2.75) is 32.2 Å². The molecule has 1 saturated heterocycles. The SMILES string of the molecule is Cc1ccc(C2=CCCC3CCNC23)cn1. The number of hydrogen-bond acceptors (Lipinski definition) is 2. The van der Waals surface area contributed by atoms with E-state index in [0.29, 0.717) is 6.04 Å². The van der Waals surface area contributed by atoms with Gasteiger partial charge in [0.2, 0.25) is 0 Å². The predicted molar refractivity (Wildman–Crippen MR) is 66.1 cm³/mol. The second-order valence-corrected chi connectivity index (χ2v) is 4.91. The molecule has 0 spiro atoms. The summed E-state index contributed by atoms with van der Waals surface area (Å²) >= 11 is 0. The van der Waals surface area contributed by atoms with E-state index in [1.54, 1.807) is 0 Å². The number of nitrogens with zero attached hydrogens (tertiary/aromatic N) is 1. The zero-order chi connectivity index (χ0) is 11.0. The molecule has 1 fully saturated rings. The maximum absolute atomic E-state index is 4.40. The van der Waals surface area contributed by atoms with Crippen LogP contribution in [0.2, 0.25) is 0 Å². The molecule has 1 N–H and O–H groups in total. The van der Waals surface area contributed by atoms with Crippen molar-refractivity contribution >= 4 is 5.57 Å². The first-order chi connectivity index (χ1) is 7.84. The van der Waals surface area contributed by atoms with Crippen molar-refractivity contribution in [2.24, 2.45) is 5.92 Å². The molecule has 0 radical (unpaired) electrons. The zero-order valence-electron chi connectivity index (χ0n) is 9.74. The molecular formula is C14H18N2. The average molecular weight is 214 g/mol. The number of fused-ring (bicyclic) bond motifs is 1. The number of pyridine rings is 1. The minimum absolute atomic E-state index is 0.582. The van der Waals surface area contributed by atoms with Crippen LogP contribution in [0, 0.1) is 12.8 Å². The van der Waals surface area contributed by atoms with Gasteiger partial charge < -0.3 is 5.32 Å². The third-order valence-corrected chi connectivity index (χ3v) is 3.83. The van der Waals surface area contributed by atoms with Crippen LogP contribution in [0.5, 0.6) is 0 Å². The number of aryl methyl sites for hydroxylation is 1. The van der Waals surface area contributed by atoms with Crippen molar-refractivity contribution in [1.29, 1.82) is 0 Å². The molecule has 0 saturated carbocycles. The highest BCUT2D eigenvalue weighted by molar-refractivity contribution is 5.70. The van der Waals surface area contributed by atoms with E-state index in [0.717, 1.165) is 11.6 Å². The molecule has 0 amide bonds. The lowest BCUT2D eigenvalue weighted by molar-refractivity contribution is 0.470. The Hall–Kier alpha value is -1.15. The topological polar surface area (TPSA) is 24.9 Å². The van der Waals surface area contributed by atoms with Gasteiger partial charge in [0.15, 0.2) is 0 Å². The molecule has 2 heteroatoms. The smallest absolute Gasteiger partial charge is 0.0373 e. The number of hydrogen-bond donors (Lipinski definition) is 1. The highest BCUT2D eigenvalue weighted by atomic mass is 15.0. The molecule has 2 heterocycles. The molecule has 16 heavy (non-hydrogen) atoms. The lowest BCUT2D eigenvalue weighted by Gasteiger charge is -2.27. The largest absolute Gasteiger partial charge is 0.310 e. The molecule has 0 aromatic carbocycles. The van der Waals surface area contributed by atoms with Crippen molar-refractivity contribution in [1.82, 2.24) is 10.3 Å². The predicted octanol–water partition coefficient (Wildman–Crippen LogP) is 2.55. The Morgan fingerprint density at radius 3 is 3.06 bits per heavy atom. The van der Waals surface area contributed by atoms with Crippen molar-refractivity contribution in [3.63, 3.8) is 0 Å². The molecule has 1 aliphatic carbocycles. The monoisotopic (exact) mass is 214 g/mol. The van der Waals surface area contributed by atoms with Gasteiger partial charge in [-0.15, -0.1) is 0 Å². The summed E-state index contributed by atoms with van der Waals surface area (Å²) in [5, 5.41) is 3.63. The fourth-order valence-electron chi connectivity index (χ4n) is 2.95. The van der Waals surface area contributed by atoms with Gasteiger partial charge in [0, 0.05) is 17.9 Å². The van der Waals surface area contributed by atoms with Gasteiger partial charge >= 0.3 is 0 Å². The number of rotatable bonds is 1. The molecule has 3 rings (SSSR count). The Kier molecular flexibility index (Phi) is 2.52. The van der Waals surface area contributed by atoms with E-state index < -0.39 is 0 Å². The summed E-state index contributed by atoms with van der Waals surface area (Å²) in [6.45, 7) is 3.21. The van der Waals surface area contributed by atoms with Crippen molar-refractivity contribution in [3.05, 3.63) is 35.7 Å². The summed E-state index contributed by atoms with van der Waals surface area (Å²) in [5.74, 6) is 0.848. The standard InChI is InChI=1S/C14H18N2/c1-10-5-6-12(9-16-10)13-4-2-3-11-7-8-15-14(11)13/h4-6,9,11,14-15H,2-3,7-8H2,1H3. The van der Waals surface area contributed by atoms with Gasteiger partial charge in [-0.1, -0.05) is 12.1 Å². The number of aromatic nitrogens is 1. The van der Waals surface area contributed by atoms with Gasteiger partial charge in [-0.05, 0) is 55.9 Å². The molecular weight excluding hydrogens is 196 g/mol. The minimum atomic E-state index is 0.582. The number of nitrogens with one attached hydrogen (secondary N) is 1. The van der Waals surface area contributed by atoms with E-state index in [2.05, 4.69) is 28.5 Å². The maximum atomic E-state index is 4.40. The van der Waals surface area contributed by atoms with E-state index in [9.17, 15) is 0 Å². The molecule has 2 aliphatic rings. The van der Waals surface area contributed by atoms with Crippen LogP contribution in [0.4, 0.5) is 0 Å². The van der Waals surface area contributed by atoms with E-state index >= 15 is 0 Å². The van der Waals surface area contributed by atoms with E-state index in [4.69, 9.17) is 0 Å². The Morgan fingerprint density at radius 1 is 1.31 bits per heavy atom. The lowest BCUT2D eigenvalue weighted by Crippen LogP contribution is -2.30. The fourth-order valence-corrected chi connectivity index (χ4v) is 2.95. The highest BCUT2D eigenvalue weighted by Gasteiger charge is 2.32. The maximum Gasteiger partial charge on any atom is 0.0373 e. The van der Waals surface area contributed by atoms with Crippen molar-refractivity contribution in [2.75, 3.05) is 6.54 Å². The zero-order valence-corrected chi connectivity index (χ0v) is 9.74. The van der Waals surface area contributed by atoms with Gasteiger partial charge in [0.05, 0.1) is 0 Å². The van der Waals surface area contributed by atoms with Crippen LogP contribution in [-0.4, -0.2) is 17.6 Å². The Labute approximate surface area is 96.8 Å². The van der Waals surface area contributed by atoms with Gasteiger partial charge in [-0.25, -0.2) is 0 Å². The Balaban J connectivity index is 1.93. The van der Waals surface area contributed by atoms with Crippen LogP contribution in [0.25, 0.3) is 5.57 Å². The first kappa shape index (κ1) is 10.0. The molecule has 2 unspecified atom stereocenters. The molecule has 84 valence electrons. The summed E-state index contributed by atoms with van der Waals surface area (Å²) in [7, 11) is 0. The normalized spacial score (nSPS) is 28.7. The van der Waals surface area contributed by atoms with Gasteiger partial charge in [0.1, 0.15) is 0 Å². The highest BCUT2D eigenvalue weighted by Crippen LogP contribution is 2.35. The molecule has 1 aromatic rings. The summed E-state index contributed by atoms with van der Waals surface area (Å²) in [6, 6.07) is 4.89. The summed E-state index contributed by atoms with van der Waals surface area (Å²) in [6.07, 6.45) is 8.32. The Bertz CT molecular complexity index is 405. The molecule has 2 atom stereocenters. The lowest BCUT2D eigenvalue weighted by atomic mass is 9.82. The van der Waals surface area contributed by atoms with Crippen LogP contribution in [0.1, 0.15) is 30.5 Å². The second-order valence-electron chi connectivity index (χ2n) is 4.91. The summed E-state index contributed by atoms with van der Waals surface area (Å²) in [4.78, 5) is 4.40. The van der Waals surface area contributed by atoms with Crippen molar-refractivity contribution in [3.8, 4) is 0 Å². The third-order valence-electron chi connectivity index (χ3n) is 3.83. The fraction of sp³-hybridized carbons (Fsp3) is 0.500. The molecule has 2 nitrogen and oxygen atoms in total. The molecule has 0 bridgehead atoms. The first-order valence-corrected chi connectivity index (χ1v) is 6.21. The van der Waals surface area contributed by atoms with E-state index in [1.165, 1.54) is 36.9 Å². The molecule has 1 aromatic heterocycles. The van der Waals surface area contributed by atoms with Gasteiger partial charge in [-0.2, -0.15) is 0 Å². The van der Waals surface area contributed by atoms with Crippen LogP contribution in [0.3, 0.4) is 0 Å². The first-order valence-electron chi connectivity index (χ1n) is 6.21. The number of allylic oxidation sites excluding steroid dienone is 1. The summed E-state index contributed by atoms with van der Waals surface area (Å²) in [5.41, 5.74) is 3.87. The van der Waals surface area contributed by atoms with Gasteiger partial charge in [0.25, 0.3) is 0 Å².